The van der Waals surface area contributed by atoms with Crippen molar-refractivity contribution in [2.45, 2.75) is 25.8 Å². The zero-order valence-corrected chi connectivity index (χ0v) is 15.0. The van der Waals surface area contributed by atoms with Crippen LogP contribution in [0.4, 0.5) is 0 Å². The standard InChI is InChI=1S/C21H22N4O2/c26-20(23-14-12-17-6-2-1-3-7-17)9-5-15-25-21(27)11-10-19(24-25)18-8-4-13-22-16-18/h1-4,6-8,10-11,13,16H,5,9,12,14-15H2,(H,23,26). The van der Waals surface area contributed by atoms with Crippen LogP contribution >= 0.6 is 0 Å². The van der Waals surface area contributed by atoms with Crippen molar-refractivity contribution in [2.75, 3.05) is 6.54 Å². The third-order valence-corrected chi connectivity index (χ3v) is 4.18. The van der Waals surface area contributed by atoms with Crippen molar-refractivity contribution < 1.29 is 4.79 Å². The molecule has 0 atom stereocenters. The van der Waals surface area contributed by atoms with E-state index in [9.17, 15) is 9.59 Å². The van der Waals surface area contributed by atoms with E-state index in [0.29, 0.717) is 31.6 Å². The molecule has 2 heterocycles. The molecule has 0 saturated carbocycles. The Morgan fingerprint density at radius 2 is 1.89 bits per heavy atom. The highest BCUT2D eigenvalue weighted by atomic mass is 16.1. The summed E-state index contributed by atoms with van der Waals surface area (Å²) in [6.45, 7) is 1.01. The van der Waals surface area contributed by atoms with Crippen LogP contribution in [-0.2, 0) is 17.8 Å². The number of nitrogens with one attached hydrogen (secondary N) is 1. The second kappa shape index (κ2) is 9.43. The molecule has 0 unspecified atom stereocenters. The Balaban J connectivity index is 1.47. The van der Waals surface area contributed by atoms with Gasteiger partial charge >= 0.3 is 0 Å². The second-order valence-corrected chi connectivity index (χ2v) is 6.21. The molecule has 27 heavy (non-hydrogen) atoms. The Morgan fingerprint density at radius 1 is 1.04 bits per heavy atom. The van der Waals surface area contributed by atoms with Crippen LogP contribution in [0.15, 0.2) is 71.8 Å². The summed E-state index contributed by atoms with van der Waals surface area (Å²) < 4.78 is 1.40. The van der Waals surface area contributed by atoms with Crippen molar-refractivity contribution in [3.05, 3.63) is 82.9 Å². The lowest BCUT2D eigenvalue weighted by Crippen LogP contribution is -2.27. The average Bonchev–Trinajstić information content (AvgIpc) is 2.71. The first-order valence-corrected chi connectivity index (χ1v) is 9.01. The zero-order chi connectivity index (χ0) is 18.9. The van der Waals surface area contributed by atoms with Crippen molar-refractivity contribution >= 4 is 5.91 Å². The summed E-state index contributed by atoms with van der Waals surface area (Å²) in [5, 5.41) is 7.29. The molecule has 0 bridgehead atoms. The summed E-state index contributed by atoms with van der Waals surface area (Å²) in [4.78, 5) is 28.0. The highest BCUT2D eigenvalue weighted by Crippen LogP contribution is 2.12. The lowest BCUT2D eigenvalue weighted by Gasteiger charge is -2.08. The van der Waals surface area contributed by atoms with Crippen LogP contribution in [-0.4, -0.2) is 27.2 Å². The number of amides is 1. The summed E-state index contributed by atoms with van der Waals surface area (Å²) in [7, 11) is 0. The molecule has 0 radical (unpaired) electrons. The number of rotatable bonds is 8. The lowest BCUT2D eigenvalue weighted by atomic mass is 10.1. The van der Waals surface area contributed by atoms with Gasteiger partial charge in [0.05, 0.1) is 5.69 Å². The van der Waals surface area contributed by atoms with Gasteiger partial charge in [-0.05, 0) is 36.6 Å². The summed E-state index contributed by atoms with van der Waals surface area (Å²) in [6.07, 6.45) is 5.12. The molecule has 6 heteroatoms. The van der Waals surface area contributed by atoms with E-state index in [1.807, 2.05) is 42.5 Å². The van der Waals surface area contributed by atoms with Gasteiger partial charge in [-0.2, -0.15) is 5.10 Å². The molecule has 0 spiro atoms. The van der Waals surface area contributed by atoms with Crippen LogP contribution < -0.4 is 10.9 Å². The largest absolute Gasteiger partial charge is 0.356 e. The summed E-state index contributed by atoms with van der Waals surface area (Å²) in [5.74, 6) is -0.0117. The SMILES string of the molecule is O=C(CCCn1nc(-c2cccnc2)ccc1=O)NCCc1ccccc1. The summed E-state index contributed by atoms with van der Waals surface area (Å²) >= 11 is 0. The number of nitrogens with zero attached hydrogens (tertiary/aromatic N) is 3. The van der Waals surface area contributed by atoms with E-state index in [1.54, 1.807) is 18.5 Å². The van der Waals surface area contributed by atoms with Gasteiger partial charge in [-0.25, -0.2) is 4.68 Å². The predicted molar refractivity (Wildman–Crippen MR) is 104 cm³/mol. The fraction of sp³-hybridized carbons (Fsp3) is 0.238. The highest BCUT2D eigenvalue weighted by Gasteiger charge is 2.05. The molecule has 2 aromatic heterocycles. The molecule has 6 nitrogen and oxygen atoms in total. The van der Waals surface area contributed by atoms with Crippen LogP contribution in [0.2, 0.25) is 0 Å². The van der Waals surface area contributed by atoms with Crippen LogP contribution in [0.25, 0.3) is 11.3 Å². The van der Waals surface area contributed by atoms with Gasteiger partial charge in [0.1, 0.15) is 0 Å². The number of carbonyl (C=O) groups is 1. The van der Waals surface area contributed by atoms with Gasteiger partial charge in [-0.3, -0.25) is 14.6 Å². The first-order valence-electron chi connectivity index (χ1n) is 9.01. The monoisotopic (exact) mass is 362 g/mol. The van der Waals surface area contributed by atoms with Crippen LogP contribution in [0, 0.1) is 0 Å². The molecular weight excluding hydrogens is 340 g/mol. The van der Waals surface area contributed by atoms with Crippen LogP contribution in [0.3, 0.4) is 0 Å². The Bertz CT molecular complexity index is 924. The number of benzene rings is 1. The molecule has 0 aliphatic rings. The lowest BCUT2D eigenvalue weighted by molar-refractivity contribution is -0.121. The smallest absolute Gasteiger partial charge is 0.266 e. The first-order chi connectivity index (χ1) is 13.2. The fourth-order valence-electron chi connectivity index (χ4n) is 2.75. The van der Waals surface area contributed by atoms with Crippen molar-refractivity contribution in [1.82, 2.24) is 20.1 Å². The molecule has 1 aromatic carbocycles. The molecule has 3 rings (SSSR count). The number of aryl methyl sites for hydroxylation is 1. The van der Waals surface area contributed by atoms with E-state index in [2.05, 4.69) is 15.4 Å². The minimum Gasteiger partial charge on any atom is -0.356 e. The molecule has 0 saturated heterocycles. The third-order valence-electron chi connectivity index (χ3n) is 4.18. The first kappa shape index (κ1) is 18.5. The molecule has 1 amide bonds. The topological polar surface area (TPSA) is 76.9 Å². The van der Waals surface area contributed by atoms with Gasteiger partial charge in [0, 0.05) is 43.5 Å². The Kier molecular flexibility index (Phi) is 6.46. The van der Waals surface area contributed by atoms with Crippen molar-refractivity contribution in [3.8, 4) is 11.3 Å². The minimum absolute atomic E-state index is 0.0117. The number of hydrogen-bond donors (Lipinski definition) is 1. The fourth-order valence-corrected chi connectivity index (χ4v) is 2.75. The van der Waals surface area contributed by atoms with Gasteiger partial charge in [-0.1, -0.05) is 30.3 Å². The van der Waals surface area contributed by atoms with E-state index >= 15 is 0 Å². The Labute approximate surface area is 157 Å². The molecule has 1 N–H and O–H groups in total. The zero-order valence-electron chi connectivity index (χ0n) is 15.0. The quantitative estimate of drug-likeness (QED) is 0.668. The Hall–Kier alpha value is -3.28. The van der Waals surface area contributed by atoms with Crippen LogP contribution in [0.1, 0.15) is 18.4 Å². The summed E-state index contributed by atoms with van der Waals surface area (Å²) in [5.41, 5.74) is 2.56. The van der Waals surface area contributed by atoms with Crippen molar-refractivity contribution in [3.63, 3.8) is 0 Å². The molecule has 3 aromatic rings. The van der Waals surface area contributed by atoms with Gasteiger partial charge in [0.15, 0.2) is 0 Å². The van der Waals surface area contributed by atoms with E-state index in [0.717, 1.165) is 12.0 Å². The number of hydrogen-bond acceptors (Lipinski definition) is 4. The number of aromatic nitrogens is 3. The van der Waals surface area contributed by atoms with Crippen molar-refractivity contribution in [2.24, 2.45) is 0 Å². The van der Waals surface area contributed by atoms with Gasteiger partial charge in [-0.15, -0.1) is 0 Å². The maximum Gasteiger partial charge on any atom is 0.266 e. The highest BCUT2D eigenvalue weighted by molar-refractivity contribution is 5.75. The minimum atomic E-state index is -0.174. The number of pyridine rings is 1. The van der Waals surface area contributed by atoms with E-state index in [-0.39, 0.29) is 11.5 Å². The maximum absolute atomic E-state index is 12.0. The molecule has 0 aliphatic heterocycles. The van der Waals surface area contributed by atoms with Gasteiger partial charge in [0.2, 0.25) is 5.91 Å². The van der Waals surface area contributed by atoms with E-state index in [4.69, 9.17) is 0 Å². The second-order valence-electron chi connectivity index (χ2n) is 6.21. The average molecular weight is 362 g/mol. The van der Waals surface area contributed by atoms with E-state index < -0.39 is 0 Å². The predicted octanol–water partition coefficient (Wildman–Crippen LogP) is 2.44. The summed E-state index contributed by atoms with van der Waals surface area (Å²) in [6, 6.07) is 16.9. The van der Waals surface area contributed by atoms with Gasteiger partial charge < -0.3 is 5.32 Å². The maximum atomic E-state index is 12.0. The molecule has 138 valence electrons. The normalized spacial score (nSPS) is 10.5. The third kappa shape index (κ3) is 5.60. The van der Waals surface area contributed by atoms with E-state index in [1.165, 1.54) is 16.3 Å². The van der Waals surface area contributed by atoms with Gasteiger partial charge in [0.25, 0.3) is 5.56 Å². The van der Waals surface area contributed by atoms with Crippen molar-refractivity contribution in [1.29, 1.82) is 0 Å². The van der Waals surface area contributed by atoms with Crippen LogP contribution in [0.5, 0.6) is 0 Å². The molecule has 0 aliphatic carbocycles. The molecular formula is C21H22N4O2. The number of carbonyl (C=O) groups excluding carboxylic acids is 1. The molecule has 0 fully saturated rings. The Morgan fingerprint density at radius 3 is 2.67 bits per heavy atom.